The fourth-order valence-electron chi connectivity index (χ4n) is 2.30. The van der Waals surface area contributed by atoms with Crippen molar-refractivity contribution in [3.63, 3.8) is 0 Å². The molecule has 0 spiro atoms. The first-order chi connectivity index (χ1) is 13.9. The number of aliphatic imine (C=N–C) groups is 2. The number of nitro benzene ring substituents is 1. The predicted octanol–water partition coefficient (Wildman–Crippen LogP) is 5.13. The first-order valence-electron chi connectivity index (χ1n) is 9.36. The van der Waals surface area contributed by atoms with Crippen molar-refractivity contribution < 1.29 is 14.4 Å². The quantitative estimate of drug-likeness (QED) is 0.212. The molecule has 0 amide bonds. The number of unbranched alkanes of at least 4 members (excludes halogenated alkanes) is 1. The van der Waals surface area contributed by atoms with E-state index in [1.165, 1.54) is 11.6 Å². The Hall–Kier alpha value is -3.06. The van der Waals surface area contributed by atoms with E-state index < -0.39 is 0 Å². The van der Waals surface area contributed by atoms with Crippen molar-refractivity contribution in [1.29, 1.82) is 0 Å². The van der Waals surface area contributed by atoms with Crippen molar-refractivity contribution in [3.05, 3.63) is 69.3 Å². The van der Waals surface area contributed by atoms with Crippen LogP contribution in [0.15, 0.2) is 52.4 Å². The average molecular weight is 399 g/mol. The molecule has 0 heterocycles. The Morgan fingerprint density at radius 2 is 1.86 bits per heavy atom. The molecule has 0 radical (unpaired) electrons. The lowest BCUT2D eigenvalue weighted by molar-refractivity contribution is -0.385. The van der Waals surface area contributed by atoms with Gasteiger partial charge in [-0.1, -0.05) is 31.0 Å². The highest BCUT2D eigenvalue weighted by molar-refractivity contribution is 6.03. The van der Waals surface area contributed by atoms with E-state index in [1.54, 1.807) is 33.2 Å². The van der Waals surface area contributed by atoms with Crippen LogP contribution in [0.4, 0.5) is 5.69 Å². The summed E-state index contributed by atoms with van der Waals surface area (Å²) in [4.78, 5) is 18.7. The van der Waals surface area contributed by atoms with Gasteiger partial charge in [0.1, 0.15) is 5.75 Å². The molecule has 7 nitrogen and oxygen atoms in total. The van der Waals surface area contributed by atoms with Crippen molar-refractivity contribution in [2.75, 3.05) is 21.0 Å². The molecule has 0 atom stereocenters. The molecule has 0 aliphatic heterocycles. The summed E-state index contributed by atoms with van der Waals surface area (Å²) in [6.45, 7) is 6.14. The van der Waals surface area contributed by atoms with E-state index in [0.29, 0.717) is 18.2 Å². The van der Waals surface area contributed by atoms with Gasteiger partial charge in [0, 0.05) is 37.6 Å². The molecule has 0 saturated heterocycles. The normalized spacial score (nSPS) is 11.1. The van der Waals surface area contributed by atoms with Crippen LogP contribution in [0.2, 0.25) is 0 Å². The summed E-state index contributed by atoms with van der Waals surface area (Å²) in [6.07, 6.45) is 3.74. The minimum atomic E-state index is -0.387. The highest BCUT2D eigenvalue weighted by atomic mass is 16.7. The van der Waals surface area contributed by atoms with Crippen molar-refractivity contribution in [1.82, 2.24) is 0 Å². The van der Waals surface area contributed by atoms with Crippen molar-refractivity contribution in [2.45, 2.75) is 33.6 Å². The summed E-state index contributed by atoms with van der Waals surface area (Å²) in [5, 5.41) is 10.7. The molecule has 0 aliphatic carbocycles. The number of amidine groups is 1. The number of aryl methyl sites for hydroxylation is 2. The lowest BCUT2D eigenvalue weighted by Crippen LogP contribution is -2.00. The molecule has 7 heteroatoms. The third-order valence-electron chi connectivity index (χ3n) is 3.86. The Labute approximate surface area is 172 Å². The molecule has 156 valence electrons. The first-order valence-corrected chi connectivity index (χ1v) is 9.36. The zero-order valence-corrected chi connectivity index (χ0v) is 17.7. The van der Waals surface area contributed by atoms with Crippen LogP contribution >= 0.6 is 0 Å². The second kappa shape index (κ2) is 13.2. The summed E-state index contributed by atoms with van der Waals surface area (Å²) < 4.78 is 9.94. The molecule has 2 rings (SSSR count). The predicted molar refractivity (Wildman–Crippen MR) is 117 cm³/mol. The van der Waals surface area contributed by atoms with Crippen LogP contribution in [-0.2, 0) is 4.74 Å². The largest absolute Gasteiger partial charge is 0.468 e. The molecule has 0 fully saturated rings. The fraction of sp³-hybridized carbons (Fsp3) is 0.364. The number of ether oxygens (including phenoxy) is 2. The van der Waals surface area contributed by atoms with Gasteiger partial charge >= 0.3 is 0 Å². The minimum absolute atomic E-state index is 0.117. The Morgan fingerprint density at radius 1 is 1.17 bits per heavy atom. The van der Waals surface area contributed by atoms with E-state index in [4.69, 9.17) is 9.47 Å². The summed E-state index contributed by atoms with van der Waals surface area (Å²) in [6, 6.07) is 12.8. The number of rotatable bonds is 7. The van der Waals surface area contributed by atoms with Gasteiger partial charge in [-0.15, -0.1) is 0 Å². The molecule has 29 heavy (non-hydrogen) atoms. The zero-order chi connectivity index (χ0) is 21.6. The van der Waals surface area contributed by atoms with E-state index in [-0.39, 0.29) is 10.6 Å². The molecule has 0 aromatic heterocycles. The second-order valence-corrected chi connectivity index (χ2v) is 6.27. The second-order valence-electron chi connectivity index (χ2n) is 6.27. The highest BCUT2D eigenvalue weighted by Crippen LogP contribution is 2.19. The highest BCUT2D eigenvalue weighted by Gasteiger charge is 2.11. The number of nitro groups is 1. The van der Waals surface area contributed by atoms with Crippen LogP contribution in [0.1, 0.15) is 36.5 Å². The van der Waals surface area contributed by atoms with Gasteiger partial charge in [0.2, 0.25) is 0 Å². The van der Waals surface area contributed by atoms with Crippen molar-refractivity contribution in [2.24, 2.45) is 9.98 Å². The average Bonchev–Trinajstić information content (AvgIpc) is 2.71. The summed E-state index contributed by atoms with van der Waals surface area (Å²) in [5.74, 6) is 1.44. The Bertz CT molecular complexity index is 830. The van der Waals surface area contributed by atoms with Crippen LogP contribution in [0.3, 0.4) is 0 Å². The SMILES string of the molecule is CCCC=NC(=NC)c1ccc([N+](=O)[O-])c(C)c1.COCOc1ccc(C)cc1. The van der Waals surface area contributed by atoms with Crippen LogP contribution < -0.4 is 4.74 Å². The number of hydrogen-bond acceptors (Lipinski definition) is 5. The maximum atomic E-state index is 10.7. The van der Waals surface area contributed by atoms with Gasteiger partial charge in [0.05, 0.1) is 4.92 Å². The molecule has 0 N–H and O–H groups in total. The number of methoxy groups -OCH3 is 1. The summed E-state index contributed by atoms with van der Waals surface area (Å²) in [5.41, 5.74) is 2.76. The van der Waals surface area contributed by atoms with E-state index in [9.17, 15) is 10.1 Å². The molecule has 0 unspecified atom stereocenters. The van der Waals surface area contributed by atoms with Crippen molar-refractivity contribution in [3.8, 4) is 5.75 Å². The maximum absolute atomic E-state index is 10.7. The lowest BCUT2D eigenvalue weighted by atomic mass is 10.1. The van der Waals surface area contributed by atoms with Gasteiger partial charge in [0.25, 0.3) is 5.69 Å². The van der Waals surface area contributed by atoms with E-state index >= 15 is 0 Å². The van der Waals surface area contributed by atoms with Crippen molar-refractivity contribution >= 4 is 17.7 Å². The molecular weight excluding hydrogens is 370 g/mol. The monoisotopic (exact) mass is 399 g/mol. The number of benzene rings is 2. The fourth-order valence-corrected chi connectivity index (χ4v) is 2.30. The van der Waals surface area contributed by atoms with E-state index in [0.717, 1.165) is 24.2 Å². The third kappa shape index (κ3) is 8.66. The van der Waals surface area contributed by atoms with Gasteiger partial charge in [-0.05, 0) is 44.5 Å². The van der Waals surface area contributed by atoms with Gasteiger partial charge in [-0.25, -0.2) is 4.99 Å². The van der Waals surface area contributed by atoms with Gasteiger partial charge in [0.15, 0.2) is 12.6 Å². The van der Waals surface area contributed by atoms with Crippen LogP contribution in [0.5, 0.6) is 5.75 Å². The van der Waals surface area contributed by atoms with E-state index in [2.05, 4.69) is 16.9 Å². The standard InChI is InChI=1S/C13H17N3O2.C9H12O2/c1-4-5-8-15-13(14-3)11-6-7-12(16(17)18)10(2)9-11;1-8-3-5-9(6-4-8)11-7-10-2/h6-9H,4-5H2,1-3H3;3-6H,7H2,1-2H3. The molecule has 0 bridgehead atoms. The Morgan fingerprint density at radius 3 is 2.38 bits per heavy atom. The molecule has 2 aromatic carbocycles. The summed E-state index contributed by atoms with van der Waals surface area (Å²) >= 11 is 0. The van der Waals surface area contributed by atoms with Gasteiger partial charge < -0.3 is 9.47 Å². The van der Waals surface area contributed by atoms with Gasteiger partial charge in [-0.2, -0.15) is 0 Å². The minimum Gasteiger partial charge on any atom is -0.468 e. The van der Waals surface area contributed by atoms with E-state index in [1.807, 2.05) is 37.4 Å². The summed E-state index contributed by atoms with van der Waals surface area (Å²) in [7, 11) is 3.27. The topological polar surface area (TPSA) is 86.3 Å². The number of nitrogens with zero attached hydrogens (tertiary/aromatic N) is 3. The van der Waals surface area contributed by atoms with Crippen LogP contribution in [-0.4, -0.2) is 37.9 Å². The third-order valence-corrected chi connectivity index (χ3v) is 3.86. The van der Waals surface area contributed by atoms with Crippen LogP contribution in [0, 0.1) is 24.0 Å². The van der Waals surface area contributed by atoms with Crippen LogP contribution in [0.25, 0.3) is 0 Å². The Balaban J connectivity index is 0.000000326. The number of hydrogen-bond donors (Lipinski definition) is 0. The zero-order valence-electron chi connectivity index (χ0n) is 17.7. The first kappa shape index (κ1) is 24.0. The maximum Gasteiger partial charge on any atom is 0.272 e. The Kier molecular flexibility index (Phi) is 10.9. The van der Waals surface area contributed by atoms with Gasteiger partial charge in [-0.3, -0.25) is 15.1 Å². The molecular formula is C22H29N3O4. The smallest absolute Gasteiger partial charge is 0.272 e. The molecule has 0 saturated carbocycles. The lowest BCUT2D eigenvalue weighted by Gasteiger charge is -2.03. The molecule has 2 aromatic rings. The molecule has 0 aliphatic rings.